The van der Waals surface area contributed by atoms with Crippen LogP contribution in [-0.4, -0.2) is 34.2 Å². The highest BCUT2D eigenvalue weighted by Gasteiger charge is 2.45. The number of halogens is 1. The highest BCUT2D eigenvalue weighted by atomic mass is 35.5. The molecule has 0 radical (unpaired) electrons. The Morgan fingerprint density at radius 1 is 1.00 bits per heavy atom. The number of rotatable bonds is 4. The molecule has 1 saturated carbocycles. The largest absolute Gasteiger partial charge is 0.328 e. The Kier molecular flexibility index (Phi) is 6.38. The van der Waals surface area contributed by atoms with Crippen molar-refractivity contribution in [1.29, 1.82) is 0 Å². The predicted octanol–water partition coefficient (Wildman–Crippen LogP) is 5.39. The topological polar surface area (TPSA) is 40.6 Å². The Morgan fingerprint density at radius 2 is 1.71 bits per heavy atom. The van der Waals surface area contributed by atoms with Gasteiger partial charge in [-0.3, -0.25) is 9.59 Å². The van der Waals surface area contributed by atoms with E-state index in [0.29, 0.717) is 23.4 Å². The molecule has 2 aliphatic rings. The third kappa shape index (κ3) is 4.36. The summed E-state index contributed by atoms with van der Waals surface area (Å²) in [5.74, 6) is 0.955. The van der Waals surface area contributed by atoms with E-state index in [0.717, 1.165) is 29.5 Å². The summed E-state index contributed by atoms with van der Waals surface area (Å²) in [6.07, 6.45) is 3.26. The SMILES string of the molecule is Cc1ccc([C@@H]2C(=O)N([C@@H]3CCC[C@H](C)[C@@H]3C)CC(=O)N2Cc2ccccc2Cl)cc1. The van der Waals surface area contributed by atoms with E-state index in [4.69, 9.17) is 11.6 Å². The van der Waals surface area contributed by atoms with Crippen LogP contribution in [0.3, 0.4) is 0 Å². The predicted molar refractivity (Wildman–Crippen MR) is 124 cm³/mol. The van der Waals surface area contributed by atoms with Gasteiger partial charge in [-0.2, -0.15) is 0 Å². The molecule has 0 N–H and O–H groups in total. The van der Waals surface area contributed by atoms with E-state index in [1.807, 2.05) is 60.4 Å². The van der Waals surface area contributed by atoms with Gasteiger partial charge >= 0.3 is 0 Å². The van der Waals surface area contributed by atoms with Gasteiger partial charge < -0.3 is 9.80 Å². The summed E-state index contributed by atoms with van der Waals surface area (Å²) in [6, 6.07) is 15.0. The van der Waals surface area contributed by atoms with Crippen LogP contribution >= 0.6 is 11.6 Å². The van der Waals surface area contributed by atoms with Gasteiger partial charge in [0.1, 0.15) is 12.6 Å². The van der Waals surface area contributed by atoms with Gasteiger partial charge in [-0.05, 0) is 42.4 Å². The van der Waals surface area contributed by atoms with Crippen molar-refractivity contribution in [3.05, 3.63) is 70.2 Å². The molecule has 31 heavy (non-hydrogen) atoms. The fraction of sp³-hybridized carbons (Fsp3) is 0.462. The van der Waals surface area contributed by atoms with Crippen LogP contribution in [0.5, 0.6) is 0 Å². The van der Waals surface area contributed by atoms with Crippen LogP contribution in [0.15, 0.2) is 48.5 Å². The number of amides is 2. The molecule has 0 unspecified atom stereocenters. The molecule has 1 heterocycles. The normalized spacial score (nSPS) is 27.0. The van der Waals surface area contributed by atoms with Crippen LogP contribution < -0.4 is 0 Å². The zero-order chi connectivity index (χ0) is 22.1. The Balaban J connectivity index is 1.70. The maximum atomic E-state index is 13.9. The summed E-state index contributed by atoms with van der Waals surface area (Å²) >= 11 is 6.39. The summed E-state index contributed by atoms with van der Waals surface area (Å²) in [6.45, 7) is 6.98. The molecule has 1 aliphatic carbocycles. The van der Waals surface area contributed by atoms with Crippen molar-refractivity contribution >= 4 is 23.4 Å². The smallest absolute Gasteiger partial charge is 0.250 e. The van der Waals surface area contributed by atoms with E-state index in [9.17, 15) is 9.59 Å². The molecular weight excluding hydrogens is 408 g/mol. The number of nitrogens with zero attached hydrogens (tertiary/aromatic N) is 2. The number of hydrogen-bond donors (Lipinski definition) is 0. The van der Waals surface area contributed by atoms with Gasteiger partial charge in [-0.15, -0.1) is 0 Å². The Hall–Kier alpha value is -2.33. The molecule has 0 aromatic heterocycles. The van der Waals surface area contributed by atoms with Gasteiger partial charge in [-0.25, -0.2) is 0 Å². The van der Waals surface area contributed by atoms with Gasteiger partial charge in [-0.1, -0.05) is 86.3 Å². The van der Waals surface area contributed by atoms with E-state index >= 15 is 0 Å². The highest BCUT2D eigenvalue weighted by Crippen LogP contribution is 2.38. The fourth-order valence-electron chi connectivity index (χ4n) is 5.08. The third-order valence-corrected chi connectivity index (χ3v) is 7.58. The molecule has 1 saturated heterocycles. The number of carbonyl (C=O) groups is 2. The fourth-order valence-corrected chi connectivity index (χ4v) is 5.28. The molecule has 2 fully saturated rings. The minimum absolute atomic E-state index is 0.0180. The third-order valence-electron chi connectivity index (χ3n) is 7.21. The second-order valence-corrected chi connectivity index (χ2v) is 9.63. The lowest BCUT2D eigenvalue weighted by Crippen LogP contribution is -2.60. The van der Waals surface area contributed by atoms with Crippen LogP contribution in [0, 0.1) is 18.8 Å². The summed E-state index contributed by atoms with van der Waals surface area (Å²) < 4.78 is 0. The molecule has 5 heteroatoms. The lowest BCUT2D eigenvalue weighted by atomic mass is 9.76. The van der Waals surface area contributed by atoms with Crippen LogP contribution in [0.25, 0.3) is 0 Å². The number of benzene rings is 2. The Labute approximate surface area is 190 Å². The summed E-state index contributed by atoms with van der Waals surface area (Å²) in [7, 11) is 0. The molecule has 4 rings (SSSR count). The van der Waals surface area contributed by atoms with Crippen molar-refractivity contribution in [2.24, 2.45) is 11.8 Å². The number of hydrogen-bond acceptors (Lipinski definition) is 2. The molecule has 2 aromatic rings. The van der Waals surface area contributed by atoms with Gasteiger partial charge in [0, 0.05) is 17.6 Å². The van der Waals surface area contributed by atoms with Gasteiger partial charge in [0.15, 0.2) is 0 Å². The van der Waals surface area contributed by atoms with Crippen molar-refractivity contribution in [3.8, 4) is 0 Å². The first-order valence-electron chi connectivity index (χ1n) is 11.3. The van der Waals surface area contributed by atoms with Crippen molar-refractivity contribution in [2.75, 3.05) is 6.54 Å². The second-order valence-electron chi connectivity index (χ2n) is 9.23. The van der Waals surface area contributed by atoms with Crippen molar-refractivity contribution in [1.82, 2.24) is 9.80 Å². The molecule has 0 spiro atoms. The van der Waals surface area contributed by atoms with E-state index in [1.165, 1.54) is 6.42 Å². The highest BCUT2D eigenvalue weighted by molar-refractivity contribution is 6.31. The zero-order valence-corrected chi connectivity index (χ0v) is 19.3. The van der Waals surface area contributed by atoms with Crippen LogP contribution in [0.1, 0.15) is 55.8 Å². The monoisotopic (exact) mass is 438 g/mol. The summed E-state index contributed by atoms with van der Waals surface area (Å²) in [5.41, 5.74) is 2.84. The maximum absolute atomic E-state index is 13.9. The van der Waals surface area contributed by atoms with Crippen molar-refractivity contribution in [2.45, 2.75) is 58.7 Å². The van der Waals surface area contributed by atoms with Gasteiger partial charge in [0.2, 0.25) is 5.91 Å². The summed E-state index contributed by atoms with van der Waals surface area (Å²) in [5, 5.41) is 0.613. The minimum Gasteiger partial charge on any atom is -0.328 e. The van der Waals surface area contributed by atoms with E-state index in [1.54, 1.807) is 4.90 Å². The molecule has 2 amide bonds. The van der Waals surface area contributed by atoms with Crippen molar-refractivity contribution in [3.63, 3.8) is 0 Å². The average molecular weight is 439 g/mol. The maximum Gasteiger partial charge on any atom is 0.250 e. The average Bonchev–Trinajstić information content (AvgIpc) is 2.75. The molecular formula is C26H31ClN2O2. The van der Waals surface area contributed by atoms with Crippen LogP contribution in [0.4, 0.5) is 0 Å². The standard InChI is InChI=1S/C26H31ClN2O2/c1-17-11-13-20(14-12-17)25-26(31)28(23-10-6-7-18(2)19(23)3)16-24(30)29(25)15-21-8-4-5-9-22(21)27/h4-5,8-9,11-14,18-19,23,25H,6-7,10,15-16H2,1-3H3/t18-,19-,23+,25+/m0/s1. The van der Waals surface area contributed by atoms with Gasteiger partial charge in [0.05, 0.1) is 0 Å². The Morgan fingerprint density at radius 3 is 2.42 bits per heavy atom. The minimum atomic E-state index is -0.623. The van der Waals surface area contributed by atoms with E-state index in [2.05, 4.69) is 13.8 Å². The molecule has 0 bridgehead atoms. The number of aryl methyl sites for hydroxylation is 1. The molecule has 1 aliphatic heterocycles. The number of piperazine rings is 1. The quantitative estimate of drug-likeness (QED) is 0.642. The first kappa shape index (κ1) is 21.9. The zero-order valence-electron chi connectivity index (χ0n) is 18.6. The van der Waals surface area contributed by atoms with E-state index < -0.39 is 6.04 Å². The second kappa shape index (κ2) is 9.04. The van der Waals surface area contributed by atoms with Gasteiger partial charge in [0.25, 0.3) is 5.91 Å². The Bertz CT molecular complexity index is 958. The van der Waals surface area contributed by atoms with Crippen LogP contribution in [-0.2, 0) is 16.1 Å². The van der Waals surface area contributed by atoms with E-state index in [-0.39, 0.29) is 24.4 Å². The summed E-state index contributed by atoms with van der Waals surface area (Å²) in [4.78, 5) is 30.9. The first-order chi connectivity index (χ1) is 14.9. The first-order valence-corrected chi connectivity index (χ1v) is 11.6. The molecule has 4 nitrogen and oxygen atoms in total. The lowest BCUT2D eigenvalue weighted by molar-refractivity contribution is -0.161. The lowest BCUT2D eigenvalue weighted by Gasteiger charge is -2.47. The molecule has 4 atom stereocenters. The van der Waals surface area contributed by atoms with Crippen LogP contribution in [0.2, 0.25) is 5.02 Å². The van der Waals surface area contributed by atoms with Crippen molar-refractivity contribution < 1.29 is 9.59 Å². The molecule has 2 aromatic carbocycles. The number of carbonyl (C=O) groups excluding carboxylic acids is 2. The molecule has 164 valence electrons.